The number of carboxylic acid groups (broad SMARTS) is 1. The molecule has 0 aliphatic heterocycles. The number of benzene rings is 1. The van der Waals surface area contributed by atoms with Gasteiger partial charge in [0.05, 0.1) is 0 Å². The van der Waals surface area contributed by atoms with Gasteiger partial charge in [-0.15, -0.1) is 0 Å². The topological polar surface area (TPSA) is 122 Å². The van der Waals surface area contributed by atoms with Gasteiger partial charge in [0.2, 0.25) is 0 Å². The number of carboxylic acids is 1. The van der Waals surface area contributed by atoms with Crippen molar-refractivity contribution in [3.63, 3.8) is 0 Å². The Morgan fingerprint density at radius 1 is 1.20 bits per heavy atom. The molecule has 2 amide bonds. The van der Waals surface area contributed by atoms with Crippen LogP contribution >= 0.6 is 0 Å². The normalized spacial score (nSPS) is 14.6. The highest BCUT2D eigenvalue weighted by Crippen LogP contribution is 2.40. The zero-order valence-electron chi connectivity index (χ0n) is 13.5. The zero-order valence-corrected chi connectivity index (χ0v) is 13.5. The lowest BCUT2D eigenvalue weighted by atomic mass is 10.1. The molecule has 1 saturated carbocycles. The van der Waals surface area contributed by atoms with Crippen LogP contribution in [-0.2, 0) is 4.79 Å². The number of carbonyl (C=O) groups is 3. The highest BCUT2D eigenvalue weighted by atomic mass is 16.5. The van der Waals surface area contributed by atoms with E-state index in [1.54, 1.807) is 18.2 Å². The van der Waals surface area contributed by atoms with Crippen LogP contribution in [0.15, 0.2) is 34.9 Å². The fourth-order valence-electron chi connectivity index (χ4n) is 2.20. The molecule has 1 atom stereocenters. The second-order valence-corrected chi connectivity index (χ2v) is 5.95. The second kappa shape index (κ2) is 6.76. The first-order valence-corrected chi connectivity index (χ1v) is 7.85. The summed E-state index contributed by atoms with van der Waals surface area (Å²) in [4.78, 5) is 34.8. The number of anilines is 1. The van der Waals surface area contributed by atoms with Crippen LogP contribution in [0.5, 0.6) is 0 Å². The maximum atomic E-state index is 12.1. The first-order chi connectivity index (χ1) is 11.9. The molecule has 1 aliphatic rings. The third kappa shape index (κ3) is 4.03. The van der Waals surface area contributed by atoms with Crippen LogP contribution in [0.4, 0.5) is 5.69 Å². The molecule has 0 radical (unpaired) electrons. The summed E-state index contributed by atoms with van der Waals surface area (Å²) in [6.45, 7) is 1.38. The van der Waals surface area contributed by atoms with Crippen molar-refractivity contribution in [2.45, 2.75) is 31.7 Å². The van der Waals surface area contributed by atoms with Crippen LogP contribution in [0, 0.1) is 0 Å². The number of aromatic nitrogens is 1. The second-order valence-electron chi connectivity index (χ2n) is 5.95. The summed E-state index contributed by atoms with van der Waals surface area (Å²) in [5.41, 5.74) is 0.992. The molecular formula is C17H17N3O5. The van der Waals surface area contributed by atoms with Gasteiger partial charge in [0, 0.05) is 23.2 Å². The maximum Gasteiger partial charge on any atom is 0.325 e. The minimum atomic E-state index is -1.12. The highest BCUT2D eigenvalue weighted by molar-refractivity contribution is 6.03. The van der Waals surface area contributed by atoms with Crippen LogP contribution in [0.1, 0.15) is 52.3 Å². The van der Waals surface area contributed by atoms with Crippen LogP contribution in [0.3, 0.4) is 0 Å². The molecule has 25 heavy (non-hydrogen) atoms. The third-order valence-electron chi connectivity index (χ3n) is 3.86. The van der Waals surface area contributed by atoms with Crippen molar-refractivity contribution in [2.24, 2.45) is 0 Å². The minimum absolute atomic E-state index is 0.207. The minimum Gasteiger partial charge on any atom is -0.480 e. The molecular weight excluding hydrogens is 326 g/mol. The monoisotopic (exact) mass is 343 g/mol. The number of nitrogens with one attached hydrogen (secondary N) is 2. The molecule has 1 aromatic heterocycles. The van der Waals surface area contributed by atoms with E-state index in [2.05, 4.69) is 15.8 Å². The molecule has 1 fully saturated rings. The Hall–Kier alpha value is -3.16. The molecule has 1 heterocycles. The maximum absolute atomic E-state index is 12.1. The van der Waals surface area contributed by atoms with Crippen molar-refractivity contribution in [3.05, 3.63) is 47.3 Å². The highest BCUT2D eigenvalue weighted by Gasteiger charge is 2.28. The molecule has 1 aromatic carbocycles. The van der Waals surface area contributed by atoms with Gasteiger partial charge >= 0.3 is 5.97 Å². The summed E-state index contributed by atoms with van der Waals surface area (Å²) < 4.78 is 5.14. The first-order valence-electron chi connectivity index (χ1n) is 7.85. The van der Waals surface area contributed by atoms with Gasteiger partial charge < -0.3 is 20.3 Å². The average Bonchev–Trinajstić information content (AvgIpc) is 3.32. The Morgan fingerprint density at radius 3 is 2.48 bits per heavy atom. The third-order valence-corrected chi connectivity index (χ3v) is 3.86. The molecule has 8 nitrogen and oxygen atoms in total. The summed E-state index contributed by atoms with van der Waals surface area (Å²) in [6, 6.07) is 6.76. The summed E-state index contributed by atoms with van der Waals surface area (Å²) in [5, 5.41) is 17.6. The van der Waals surface area contributed by atoms with E-state index in [1.807, 2.05) is 0 Å². The molecule has 130 valence electrons. The van der Waals surface area contributed by atoms with E-state index >= 15 is 0 Å². The van der Waals surface area contributed by atoms with Crippen molar-refractivity contribution in [1.29, 1.82) is 0 Å². The van der Waals surface area contributed by atoms with E-state index in [4.69, 9.17) is 9.63 Å². The predicted octanol–water partition coefficient (Wildman–Crippen LogP) is 2.01. The summed E-state index contributed by atoms with van der Waals surface area (Å²) >= 11 is 0. The largest absolute Gasteiger partial charge is 0.480 e. The number of amides is 2. The molecule has 3 N–H and O–H groups in total. The summed E-state index contributed by atoms with van der Waals surface area (Å²) in [5.74, 6) is -0.911. The van der Waals surface area contributed by atoms with Crippen molar-refractivity contribution in [2.75, 3.05) is 5.32 Å². The number of aliphatic carboxylic acids is 1. The Kier molecular flexibility index (Phi) is 4.51. The van der Waals surface area contributed by atoms with Gasteiger partial charge in [-0.05, 0) is 44.0 Å². The Labute approximate surface area is 143 Å². The van der Waals surface area contributed by atoms with Gasteiger partial charge in [0.1, 0.15) is 11.8 Å². The molecule has 0 unspecified atom stereocenters. The van der Waals surface area contributed by atoms with Crippen molar-refractivity contribution in [1.82, 2.24) is 10.5 Å². The molecule has 0 spiro atoms. The van der Waals surface area contributed by atoms with Gasteiger partial charge in [0.25, 0.3) is 11.8 Å². The van der Waals surface area contributed by atoms with Gasteiger partial charge in [-0.25, -0.2) is 0 Å². The SMILES string of the molecule is C[C@H](NC(=O)c1ccc(NC(=O)c2cc(C3CC3)on2)cc1)C(=O)O. The molecule has 1 aliphatic carbocycles. The molecule has 0 saturated heterocycles. The lowest BCUT2D eigenvalue weighted by molar-refractivity contribution is -0.138. The Morgan fingerprint density at radius 2 is 1.88 bits per heavy atom. The molecule has 8 heteroatoms. The standard InChI is InChI=1S/C17H17N3O5/c1-9(17(23)24)18-15(21)11-4-6-12(7-5-11)19-16(22)13-8-14(25-20-13)10-2-3-10/h4-10H,2-3H2,1H3,(H,18,21)(H,19,22)(H,23,24)/t9-/m0/s1. The van der Waals surface area contributed by atoms with Crippen molar-refractivity contribution in [3.8, 4) is 0 Å². The number of hydrogen-bond donors (Lipinski definition) is 3. The average molecular weight is 343 g/mol. The summed E-state index contributed by atoms with van der Waals surface area (Å²) in [6.07, 6.45) is 2.11. The van der Waals surface area contributed by atoms with E-state index in [1.165, 1.54) is 19.1 Å². The number of carbonyl (C=O) groups excluding carboxylic acids is 2. The molecule has 0 bridgehead atoms. The quantitative estimate of drug-likeness (QED) is 0.737. The van der Waals surface area contributed by atoms with Crippen LogP contribution < -0.4 is 10.6 Å². The lowest BCUT2D eigenvalue weighted by Crippen LogP contribution is -2.38. The van der Waals surface area contributed by atoms with E-state index in [-0.39, 0.29) is 5.69 Å². The van der Waals surface area contributed by atoms with Gasteiger partial charge in [-0.3, -0.25) is 14.4 Å². The van der Waals surface area contributed by atoms with E-state index in [9.17, 15) is 14.4 Å². The van der Waals surface area contributed by atoms with Gasteiger partial charge in [-0.1, -0.05) is 5.16 Å². The van der Waals surface area contributed by atoms with E-state index in [0.29, 0.717) is 17.2 Å². The van der Waals surface area contributed by atoms with Crippen LogP contribution in [-0.4, -0.2) is 34.1 Å². The fourth-order valence-corrected chi connectivity index (χ4v) is 2.20. The summed E-state index contributed by atoms with van der Waals surface area (Å²) in [7, 11) is 0. The number of nitrogens with zero attached hydrogens (tertiary/aromatic N) is 1. The fraction of sp³-hybridized carbons (Fsp3) is 0.294. The zero-order chi connectivity index (χ0) is 18.0. The van der Waals surface area contributed by atoms with E-state index in [0.717, 1.165) is 18.6 Å². The Bertz CT molecular complexity index is 808. The van der Waals surface area contributed by atoms with Gasteiger partial charge in [-0.2, -0.15) is 0 Å². The smallest absolute Gasteiger partial charge is 0.325 e. The van der Waals surface area contributed by atoms with Crippen LogP contribution in [0.25, 0.3) is 0 Å². The first kappa shape index (κ1) is 16.7. The van der Waals surface area contributed by atoms with Crippen LogP contribution in [0.2, 0.25) is 0 Å². The number of rotatable bonds is 6. The van der Waals surface area contributed by atoms with Crippen molar-refractivity contribution < 1.29 is 24.0 Å². The predicted molar refractivity (Wildman–Crippen MR) is 87.4 cm³/mol. The number of hydrogen-bond acceptors (Lipinski definition) is 5. The van der Waals surface area contributed by atoms with E-state index < -0.39 is 23.8 Å². The lowest BCUT2D eigenvalue weighted by Gasteiger charge is -2.09. The van der Waals surface area contributed by atoms with Crippen molar-refractivity contribution >= 4 is 23.5 Å². The Balaban J connectivity index is 1.60. The van der Waals surface area contributed by atoms with Gasteiger partial charge in [0.15, 0.2) is 5.69 Å². The molecule has 3 rings (SSSR count). The molecule has 2 aromatic rings.